The SMILES string of the molecule is O=C[C@H]1CC[C@H](n2cc3cc(NC(=O)c4cccc(C(F)(F)F)c4)c(C(F)(F)F)cc3n2)CC1. The standard InChI is InChI=1S/C23H19F6N3O2/c24-22(25,26)16-3-1-2-14(8-16)21(34)30-20-9-15-11-32(17-6-4-13(12-33)5-7-17)31-19(15)10-18(20)23(27,28)29/h1-3,8-13,17H,4-7H2,(H,30,34)/t13-,17-. The number of fused-ring (bicyclic) bond motifs is 1. The van der Waals surface area contributed by atoms with Crippen LogP contribution in [0.3, 0.4) is 0 Å². The second-order valence-electron chi connectivity index (χ2n) is 8.30. The lowest BCUT2D eigenvalue weighted by Crippen LogP contribution is -2.19. The van der Waals surface area contributed by atoms with Crippen LogP contribution < -0.4 is 5.32 Å². The molecular formula is C23H19F6N3O2. The van der Waals surface area contributed by atoms with E-state index in [4.69, 9.17) is 0 Å². The molecular weight excluding hydrogens is 464 g/mol. The molecule has 11 heteroatoms. The summed E-state index contributed by atoms with van der Waals surface area (Å²) in [5.41, 5.74) is -3.17. The van der Waals surface area contributed by atoms with E-state index in [1.165, 1.54) is 0 Å². The van der Waals surface area contributed by atoms with Gasteiger partial charge in [-0.15, -0.1) is 0 Å². The maximum atomic E-state index is 13.7. The molecule has 1 aliphatic rings. The number of nitrogens with zero attached hydrogens (tertiary/aromatic N) is 2. The molecule has 1 aromatic heterocycles. The highest BCUT2D eigenvalue weighted by molar-refractivity contribution is 6.05. The van der Waals surface area contributed by atoms with Gasteiger partial charge in [0, 0.05) is 23.1 Å². The fourth-order valence-electron chi connectivity index (χ4n) is 4.15. The first-order valence-electron chi connectivity index (χ1n) is 10.5. The Kier molecular flexibility index (Phi) is 6.13. The summed E-state index contributed by atoms with van der Waals surface area (Å²) in [5.74, 6) is -1.13. The van der Waals surface area contributed by atoms with Crippen LogP contribution in [-0.2, 0) is 17.1 Å². The molecule has 0 saturated heterocycles. The lowest BCUT2D eigenvalue weighted by molar-refractivity contribution is -0.138. The Bertz CT molecular complexity index is 1220. The number of hydrogen-bond donors (Lipinski definition) is 1. The van der Waals surface area contributed by atoms with Crippen LogP contribution in [0.15, 0.2) is 42.6 Å². The summed E-state index contributed by atoms with van der Waals surface area (Å²) >= 11 is 0. The van der Waals surface area contributed by atoms with E-state index in [-0.39, 0.29) is 17.5 Å². The van der Waals surface area contributed by atoms with Crippen molar-refractivity contribution in [3.8, 4) is 0 Å². The average Bonchev–Trinajstić information content (AvgIpc) is 3.20. The van der Waals surface area contributed by atoms with Crippen molar-refractivity contribution >= 4 is 28.8 Å². The molecule has 0 aliphatic heterocycles. The molecule has 34 heavy (non-hydrogen) atoms. The Hall–Kier alpha value is -3.37. The predicted octanol–water partition coefficient (Wildman–Crippen LogP) is 6.26. The molecule has 2 aromatic carbocycles. The van der Waals surface area contributed by atoms with Crippen LogP contribution in [0.25, 0.3) is 10.9 Å². The van der Waals surface area contributed by atoms with Gasteiger partial charge < -0.3 is 10.1 Å². The van der Waals surface area contributed by atoms with Crippen molar-refractivity contribution in [3.63, 3.8) is 0 Å². The van der Waals surface area contributed by atoms with Gasteiger partial charge in [-0.05, 0) is 56.0 Å². The van der Waals surface area contributed by atoms with E-state index in [9.17, 15) is 35.9 Å². The second kappa shape index (κ2) is 8.77. The van der Waals surface area contributed by atoms with Gasteiger partial charge in [-0.25, -0.2) is 0 Å². The Morgan fingerprint density at radius 3 is 2.32 bits per heavy atom. The summed E-state index contributed by atoms with van der Waals surface area (Å²) in [6.45, 7) is 0. The normalized spacial score (nSPS) is 19.2. The molecule has 1 aliphatic carbocycles. The zero-order chi connectivity index (χ0) is 24.7. The van der Waals surface area contributed by atoms with Gasteiger partial charge in [0.25, 0.3) is 5.91 Å². The van der Waals surface area contributed by atoms with Gasteiger partial charge in [-0.1, -0.05) is 6.07 Å². The third kappa shape index (κ3) is 4.92. The van der Waals surface area contributed by atoms with Gasteiger partial charge in [0.15, 0.2) is 0 Å². The molecule has 1 N–H and O–H groups in total. The molecule has 4 rings (SSSR count). The van der Waals surface area contributed by atoms with E-state index in [0.717, 1.165) is 36.6 Å². The maximum Gasteiger partial charge on any atom is 0.418 e. The topological polar surface area (TPSA) is 64.0 Å². The van der Waals surface area contributed by atoms with Crippen molar-refractivity contribution in [3.05, 3.63) is 59.3 Å². The average molecular weight is 483 g/mol. The summed E-state index contributed by atoms with van der Waals surface area (Å²) in [6.07, 6.45) is -4.42. The molecule has 180 valence electrons. The molecule has 1 heterocycles. The van der Waals surface area contributed by atoms with Crippen LogP contribution >= 0.6 is 0 Å². The zero-order valence-corrected chi connectivity index (χ0v) is 17.6. The Labute approximate surface area is 189 Å². The van der Waals surface area contributed by atoms with Crippen molar-refractivity contribution in [2.24, 2.45) is 5.92 Å². The Balaban J connectivity index is 1.66. The van der Waals surface area contributed by atoms with Crippen LogP contribution in [0.5, 0.6) is 0 Å². The summed E-state index contributed by atoms with van der Waals surface area (Å²) in [5, 5.41) is 6.71. The minimum Gasteiger partial charge on any atom is -0.321 e. The number of aromatic nitrogens is 2. The highest BCUT2D eigenvalue weighted by Crippen LogP contribution is 2.39. The minimum absolute atomic E-state index is 0.0317. The highest BCUT2D eigenvalue weighted by Gasteiger charge is 2.36. The first-order valence-corrected chi connectivity index (χ1v) is 10.5. The van der Waals surface area contributed by atoms with E-state index >= 15 is 0 Å². The number of amides is 1. The molecule has 1 amide bonds. The molecule has 1 saturated carbocycles. The lowest BCUT2D eigenvalue weighted by Gasteiger charge is -2.25. The number of anilines is 1. The predicted molar refractivity (Wildman–Crippen MR) is 111 cm³/mol. The molecule has 0 bridgehead atoms. The molecule has 5 nitrogen and oxygen atoms in total. The van der Waals surface area contributed by atoms with Crippen LogP contribution in [0.2, 0.25) is 0 Å². The van der Waals surface area contributed by atoms with E-state index < -0.39 is 40.6 Å². The number of halogens is 6. The van der Waals surface area contributed by atoms with Gasteiger partial charge >= 0.3 is 12.4 Å². The molecule has 1 fully saturated rings. The molecule has 0 spiro atoms. The van der Waals surface area contributed by atoms with Gasteiger partial charge in [0.05, 0.1) is 28.4 Å². The maximum absolute atomic E-state index is 13.7. The number of hydrogen-bond acceptors (Lipinski definition) is 3. The van der Waals surface area contributed by atoms with Crippen LogP contribution in [0.4, 0.5) is 32.0 Å². The second-order valence-corrected chi connectivity index (χ2v) is 8.30. The summed E-state index contributed by atoms with van der Waals surface area (Å²) < 4.78 is 81.6. The van der Waals surface area contributed by atoms with Crippen molar-refractivity contribution in [1.82, 2.24) is 9.78 Å². The summed E-state index contributed by atoms with van der Waals surface area (Å²) in [6, 6.07) is 5.30. The fraction of sp³-hybridized carbons (Fsp3) is 0.348. The summed E-state index contributed by atoms with van der Waals surface area (Å²) in [4.78, 5) is 23.5. The van der Waals surface area contributed by atoms with Crippen molar-refractivity contribution < 1.29 is 35.9 Å². The van der Waals surface area contributed by atoms with Crippen LogP contribution in [0, 0.1) is 5.92 Å². The minimum atomic E-state index is -4.84. The van der Waals surface area contributed by atoms with Gasteiger partial charge in [0.1, 0.15) is 6.29 Å². The zero-order valence-electron chi connectivity index (χ0n) is 17.6. The monoisotopic (exact) mass is 483 g/mol. The van der Waals surface area contributed by atoms with Crippen LogP contribution in [0.1, 0.15) is 53.2 Å². The quantitative estimate of drug-likeness (QED) is 0.352. The fourth-order valence-corrected chi connectivity index (χ4v) is 4.15. The number of benzene rings is 2. The first-order chi connectivity index (χ1) is 16.0. The highest BCUT2D eigenvalue weighted by atomic mass is 19.4. The largest absolute Gasteiger partial charge is 0.418 e. The molecule has 0 atom stereocenters. The Morgan fingerprint density at radius 2 is 1.71 bits per heavy atom. The number of carbonyl (C=O) groups excluding carboxylic acids is 2. The summed E-state index contributed by atoms with van der Waals surface area (Å²) in [7, 11) is 0. The van der Waals surface area contributed by atoms with E-state index in [1.54, 1.807) is 10.9 Å². The van der Waals surface area contributed by atoms with Gasteiger partial charge in [0.2, 0.25) is 0 Å². The molecule has 3 aromatic rings. The van der Waals surface area contributed by atoms with E-state index in [2.05, 4.69) is 10.4 Å². The third-order valence-corrected chi connectivity index (χ3v) is 5.98. The van der Waals surface area contributed by atoms with Crippen LogP contribution in [-0.4, -0.2) is 22.0 Å². The molecule has 0 radical (unpaired) electrons. The number of rotatable bonds is 4. The van der Waals surface area contributed by atoms with E-state index in [0.29, 0.717) is 37.1 Å². The smallest absolute Gasteiger partial charge is 0.321 e. The molecule has 0 unspecified atom stereocenters. The lowest BCUT2D eigenvalue weighted by atomic mass is 9.87. The number of carbonyl (C=O) groups is 2. The van der Waals surface area contributed by atoms with E-state index in [1.807, 2.05) is 0 Å². The number of alkyl halides is 6. The van der Waals surface area contributed by atoms with Gasteiger partial charge in [-0.2, -0.15) is 31.4 Å². The van der Waals surface area contributed by atoms with Crippen molar-refractivity contribution in [2.45, 2.75) is 44.1 Å². The third-order valence-electron chi connectivity index (χ3n) is 5.98. The number of nitrogens with one attached hydrogen (secondary N) is 1. The first kappa shape index (κ1) is 23.8. The van der Waals surface area contributed by atoms with Crippen molar-refractivity contribution in [2.75, 3.05) is 5.32 Å². The Morgan fingerprint density at radius 1 is 1.00 bits per heavy atom. The van der Waals surface area contributed by atoms with Crippen molar-refractivity contribution in [1.29, 1.82) is 0 Å². The number of aldehydes is 1. The van der Waals surface area contributed by atoms with Gasteiger partial charge in [-0.3, -0.25) is 9.48 Å².